The highest BCUT2D eigenvalue weighted by Gasteiger charge is 2.17. The highest BCUT2D eigenvalue weighted by atomic mass is 16.5. The minimum atomic E-state index is -0.00528. The van der Waals surface area contributed by atoms with Crippen molar-refractivity contribution in [3.8, 4) is 11.5 Å². The van der Waals surface area contributed by atoms with E-state index in [1.54, 1.807) is 12.1 Å². The molecule has 3 rings (SSSR count). The Morgan fingerprint density at radius 1 is 0.950 bits per heavy atom. The van der Waals surface area contributed by atoms with Crippen LogP contribution in [0.25, 0.3) is 0 Å². The Bertz CT molecular complexity index is 619. The molecule has 3 nitrogen and oxygen atoms in total. The topological polar surface area (TPSA) is 35.5 Å². The number of carbonyl (C=O) groups is 1. The Morgan fingerprint density at radius 2 is 1.65 bits per heavy atom. The number of ketones is 1. The standard InChI is InChI=1S/C17H16O3/c1-12-10-19-15-8-7-14(9-16(15)20-11-12)17(18)13-5-3-2-4-6-13/h2-9,12H,10-11H2,1H3. The summed E-state index contributed by atoms with van der Waals surface area (Å²) in [7, 11) is 0. The summed E-state index contributed by atoms with van der Waals surface area (Å²) in [4.78, 5) is 12.4. The molecule has 2 aromatic rings. The van der Waals surface area contributed by atoms with Gasteiger partial charge in [0.2, 0.25) is 0 Å². The fraction of sp³-hybridized carbons (Fsp3) is 0.235. The van der Waals surface area contributed by atoms with Gasteiger partial charge in [-0.15, -0.1) is 0 Å². The highest BCUT2D eigenvalue weighted by Crippen LogP contribution is 2.31. The maximum absolute atomic E-state index is 12.4. The minimum Gasteiger partial charge on any atom is -0.489 e. The predicted octanol–water partition coefficient (Wildman–Crippen LogP) is 3.32. The average Bonchev–Trinajstić information content (AvgIpc) is 2.69. The molecule has 0 amide bonds. The number of hydrogen-bond acceptors (Lipinski definition) is 3. The van der Waals surface area contributed by atoms with Crippen molar-refractivity contribution in [1.82, 2.24) is 0 Å². The molecule has 1 aliphatic heterocycles. The van der Waals surface area contributed by atoms with E-state index in [-0.39, 0.29) is 5.78 Å². The number of fused-ring (bicyclic) bond motifs is 1. The molecule has 1 unspecified atom stereocenters. The van der Waals surface area contributed by atoms with Crippen LogP contribution in [0.3, 0.4) is 0 Å². The fourth-order valence-corrected chi connectivity index (χ4v) is 2.15. The number of rotatable bonds is 2. The molecule has 1 aliphatic rings. The van der Waals surface area contributed by atoms with Crippen LogP contribution >= 0.6 is 0 Å². The quantitative estimate of drug-likeness (QED) is 0.784. The van der Waals surface area contributed by atoms with Gasteiger partial charge in [-0.1, -0.05) is 37.3 Å². The highest BCUT2D eigenvalue weighted by molar-refractivity contribution is 6.09. The van der Waals surface area contributed by atoms with Crippen molar-refractivity contribution in [1.29, 1.82) is 0 Å². The number of hydrogen-bond donors (Lipinski definition) is 0. The molecule has 0 aromatic heterocycles. The summed E-state index contributed by atoms with van der Waals surface area (Å²) in [5.41, 5.74) is 1.29. The lowest BCUT2D eigenvalue weighted by molar-refractivity contribution is 0.103. The van der Waals surface area contributed by atoms with Gasteiger partial charge in [-0.05, 0) is 18.2 Å². The number of benzene rings is 2. The zero-order valence-electron chi connectivity index (χ0n) is 11.3. The molecule has 1 atom stereocenters. The van der Waals surface area contributed by atoms with Gasteiger partial charge in [0.25, 0.3) is 0 Å². The SMILES string of the molecule is CC1COc2ccc(C(=O)c3ccccc3)cc2OC1. The van der Waals surface area contributed by atoms with Crippen LogP contribution in [0.4, 0.5) is 0 Å². The second-order valence-electron chi connectivity index (χ2n) is 5.08. The van der Waals surface area contributed by atoms with E-state index in [9.17, 15) is 4.79 Å². The minimum absolute atomic E-state index is 0.00528. The first kappa shape index (κ1) is 12.7. The van der Waals surface area contributed by atoms with Gasteiger partial charge >= 0.3 is 0 Å². The van der Waals surface area contributed by atoms with E-state index < -0.39 is 0 Å². The van der Waals surface area contributed by atoms with Crippen LogP contribution in [0.1, 0.15) is 22.8 Å². The molecule has 0 bridgehead atoms. The van der Waals surface area contributed by atoms with Gasteiger partial charge in [-0.3, -0.25) is 4.79 Å². The molecule has 0 N–H and O–H groups in total. The Morgan fingerprint density at radius 3 is 2.40 bits per heavy atom. The van der Waals surface area contributed by atoms with E-state index in [1.165, 1.54) is 0 Å². The van der Waals surface area contributed by atoms with Crippen molar-refractivity contribution in [2.24, 2.45) is 5.92 Å². The zero-order valence-corrected chi connectivity index (χ0v) is 11.3. The van der Waals surface area contributed by atoms with E-state index in [1.807, 2.05) is 36.4 Å². The van der Waals surface area contributed by atoms with Crippen molar-refractivity contribution in [3.63, 3.8) is 0 Å². The predicted molar refractivity (Wildman–Crippen MR) is 76.5 cm³/mol. The summed E-state index contributed by atoms with van der Waals surface area (Å²) in [5, 5.41) is 0. The van der Waals surface area contributed by atoms with Gasteiger partial charge in [-0.2, -0.15) is 0 Å². The molecule has 20 heavy (non-hydrogen) atoms. The first-order chi connectivity index (χ1) is 9.74. The second kappa shape index (κ2) is 5.37. The van der Waals surface area contributed by atoms with Crippen LogP contribution in [0.15, 0.2) is 48.5 Å². The van der Waals surface area contributed by atoms with Gasteiger partial charge in [0, 0.05) is 17.0 Å². The Balaban J connectivity index is 1.91. The third-order valence-electron chi connectivity index (χ3n) is 3.29. The lowest BCUT2D eigenvalue weighted by Gasteiger charge is -2.08. The van der Waals surface area contributed by atoms with E-state index in [0.717, 1.165) is 0 Å². The van der Waals surface area contributed by atoms with Crippen molar-refractivity contribution in [3.05, 3.63) is 59.7 Å². The molecule has 1 heterocycles. The third-order valence-corrected chi connectivity index (χ3v) is 3.29. The van der Waals surface area contributed by atoms with E-state index in [0.29, 0.717) is 41.8 Å². The lowest BCUT2D eigenvalue weighted by Crippen LogP contribution is -2.12. The van der Waals surface area contributed by atoms with Crippen molar-refractivity contribution in [2.45, 2.75) is 6.92 Å². The fourth-order valence-electron chi connectivity index (χ4n) is 2.15. The van der Waals surface area contributed by atoms with Gasteiger partial charge in [-0.25, -0.2) is 0 Å². The van der Waals surface area contributed by atoms with Crippen molar-refractivity contribution >= 4 is 5.78 Å². The number of carbonyl (C=O) groups excluding carboxylic acids is 1. The maximum Gasteiger partial charge on any atom is 0.193 e. The molecule has 0 fully saturated rings. The van der Waals surface area contributed by atoms with E-state index in [4.69, 9.17) is 9.47 Å². The van der Waals surface area contributed by atoms with Crippen LogP contribution in [0.2, 0.25) is 0 Å². The lowest BCUT2D eigenvalue weighted by atomic mass is 10.0. The Labute approximate surface area is 118 Å². The molecule has 0 radical (unpaired) electrons. The summed E-state index contributed by atoms with van der Waals surface area (Å²) in [5.74, 6) is 1.69. The molecule has 2 aromatic carbocycles. The summed E-state index contributed by atoms with van der Waals surface area (Å²) in [6, 6.07) is 14.6. The number of ether oxygens (including phenoxy) is 2. The van der Waals surface area contributed by atoms with Gasteiger partial charge in [0.1, 0.15) is 0 Å². The van der Waals surface area contributed by atoms with Crippen LogP contribution in [-0.2, 0) is 0 Å². The van der Waals surface area contributed by atoms with Crippen LogP contribution in [-0.4, -0.2) is 19.0 Å². The molecule has 0 aliphatic carbocycles. The van der Waals surface area contributed by atoms with E-state index in [2.05, 4.69) is 6.92 Å². The summed E-state index contributed by atoms with van der Waals surface area (Å²) >= 11 is 0. The summed E-state index contributed by atoms with van der Waals surface area (Å²) in [6.45, 7) is 3.32. The van der Waals surface area contributed by atoms with Gasteiger partial charge < -0.3 is 9.47 Å². The van der Waals surface area contributed by atoms with Gasteiger partial charge in [0.05, 0.1) is 13.2 Å². The molecule has 102 valence electrons. The third kappa shape index (κ3) is 2.52. The largest absolute Gasteiger partial charge is 0.489 e. The Hall–Kier alpha value is -2.29. The second-order valence-corrected chi connectivity index (χ2v) is 5.08. The summed E-state index contributed by atoms with van der Waals surface area (Å²) < 4.78 is 11.4. The molecular formula is C17H16O3. The monoisotopic (exact) mass is 268 g/mol. The van der Waals surface area contributed by atoms with Crippen molar-refractivity contribution in [2.75, 3.05) is 13.2 Å². The average molecular weight is 268 g/mol. The first-order valence-corrected chi connectivity index (χ1v) is 6.73. The molecule has 0 saturated heterocycles. The van der Waals surface area contributed by atoms with Crippen LogP contribution in [0.5, 0.6) is 11.5 Å². The van der Waals surface area contributed by atoms with Crippen molar-refractivity contribution < 1.29 is 14.3 Å². The van der Waals surface area contributed by atoms with Gasteiger partial charge in [0.15, 0.2) is 17.3 Å². The maximum atomic E-state index is 12.4. The molecule has 0 saturated carbocycles. The molecule has 0 spiro atoms. The molecular weight excluding hydrogens is 252 g/mol. The molecule has 3 heteroatoms. The summed E-state index contributed by atoms with van der Waals surface area (Å²) in [6.07, 6.45) is 0. The first-order valence-electron chi connectivity index (χ1n) is 6.73. The van der Waals surface area contributed by atoms with Crippen LogP contribution < -0.4 is 9.47 Å². The zero-order chi connectivity index (χ0) is 13.9. The van der Waals surface area contributed by atoms with Crippen LogP contribution in [0, 0.1) is 5.92 Å². The smallest absolute Gasteiger partial charge is 0.193 e. The normalized spacial score (nSPS) is 17.4. The van der Waals surface area contributed by atoms with E-state index >= 15 is 0 Å². The Kier molecular flexibility index (Phi) is 3.42.